The molecule has 0 saturated heterocycles. The van der Waals surface area contributed by atoms with Crippen molar-refractivity contribution in [3.8, 4) is 0 Å². The molecule has 0 bridgehead atoms. The Labute approximate surface area is 104 Å². The average molecular weight is 253 g/mol. The summed E-state index contributed by atoms with van der Waals surface area (Å²) in [5.41, 5.74) is 0. The van der Waals surface area contributed by atoms with Gasteiger partial charge in [0.05, 0.1) is 5.75 Å². The van der Waals surface area contributed by atoms with Gasteiger partial charge in [-0.2, -0.15) is 10.1 Å². The van der Waals surface area contributed by atoms with E-state index in [0.717, 1.165) is 30.2 Å². The highest BCUT2D eigenvalue weighted by atomic mass is 32.2. The number of thioether (sulfide) groups is 1. The second-order valence-corrected chi connectivity index (χ2v) is 4.61. The molecule has 0 spiro atoms. The van der Waals surface area contributed by atoms with Gasteiger partial charge in [-0.15, -0.1) is 0 Å². The topological polar surface area (TPSA) is 69.6 Å². The van der Waals surface area contributed by atoms with Crippen molar-refractivity contribution in [1.29, 1.82) is 0 Å². The van der Waals surface area contributed by atoms with Gasteiger partial charge in [0.2, 0.25) is 5.89 Å². The smallest absolute Gasteiger partial charge is 0.237 e. The third kappa shape index (κ3) is 3.29. The van der Waals surface area contributed by atoms with E-state index in [1.807, 2.05) is 7.05 Å². The van der Waals surface area contributed by atoms with Crippen LogP contribution >= 0.6 is 11.8 Å². The number of aryl methyl sites for hydroxylation is 2. The summed E-state index contributed by atoms with van der Waals surface area (Å²) < 4.78 is 6.88. The van der Waals surface area contributed by atoms with Crippen LogP contribution in [0, 0.1) is 0 Å². The molecule has 2 aromatic heterocycles. The molecule has 6 nitrogen and oxygen atoms in total. The van der Waals surface area contributed by atoms with E-state index in [1.54, 1.807) is 4.68 Å². The van der Waals surface area contributed by atoms with Crippen molar-refractivity contribution in [3.05, 3.63) is 18.0 Å². The highest BCUT2D eigenvalue weighted by molar-refractivity contribution is 7.98. The summed E-state index contributed by atoms with van der Waals surface area (Å²) in [7, 11) is 1.86. The lowest BCUT2D eigenvalue weighted by molar-refractivity contribution is 0.384. The Kier molecular flexibility index (Phi) is 4.13. The van der Waals surface area contributed by atoms with Crippen LogP contribution in [-0.2, 0) is 19.2 Å². The maximum atomic E-state index is 5.16. The zero-order valence-corrected chi connectivity index (χ0v) is 10.8. The van der Waals surface area contributed by atoms with Gasteiger partial charge in [0, 0.05) is 13.5 Å². The van der Waals surface area contributed by atoms with Crippen LogP contribution in [0.15, 0.2) is 16.0 Å². The number of aromatic nitrogens is 5. The van der Waals surface area contributed by atoms with Gasteiger partial charge >= 0.3 is 0 Å². The zero-order valence-electron chi connectivity index (χ0n) is 9.96. The summed E-state index contributed by atoms with van der Waals surface area (Å²) >= 11 is 1.54. The molecule has 2 heterocycles. The number of rotatable bonds is 6. The standard InChI is InChI=1S/C10H15N5OS/c1-3-4-5-8-13-9(16-14-8)6-17-10-11-7-12-15(10)2/h7H,3-6H2,1-2H3. The van der Waals surface area contributed by atoms with E-state index in [0.29, 0.717) is 11.6 Å². The highest BCUT2D eigenvalue weighted by Gasteiger charge is 2.08. The van der Waals surface area contributed by atoms with Crippen molar-refractivity contribution in [2.75, 3.05) is 0 Å². The molecule has 0 aliphatic carbocycles. The fourth-order valence-electron chi connectivity index (χ4n) is 1.33. The maximum absolute atomic E-state index is 5.16. The highest BCUT2D eigenvalue weighted by Crippen LogP contribution is 2.18. The van der Waals surface area contributed by atoms with Crippen molar-refractivity contribution in [2.24, 2.45) is 7.05 Å². The Morgan fingerprint density at radius 2 is 2.35 bits per heavy atom. The molecule has 0 N–H and O–H groups in total. The molecular weight excluding hydrogens is 238 g/mol. The molecule has 0 saturated carbocycles. The molecule has 0 aromatic carbocycles. The SMILES string of the molecule is CCCCc1noc(CSc2ncnn2C)n1. The molecule has 2 aromatic rings. The van der Waals surface area contributed by atoms with Crippen LogP contribution in [-0.4, -0.2) is 24.9 Å². The fraction of sp³-hybridized carbons (Fsp3) is 0.600. The van der Waals surface area contributed by atoms with Gasteiger partial charge in [-0.25, -0.2) is 9.67 Å². The summed E-state index contributed by atoms with van der Waals surface area (Å²) in [6.45, 7) is 2.14. The number of unbranched alkanes of at least 4 members (excludes halogenated alkanes) is 1. The monoisotopic (exact) mass is 253 g/mol. The molecule has 7 heteroatoms. The minimum atomic E-state index is 0.631. The van der Waals surface area contributed by atoms with Gasteiger partial charge in [-0.1, -0.05) is 30.3 Å². The molecule has 92 valence electrons. The second-order valence-electron chi connectivity index (χ2n) is 3.66. The lowest BCUT2D eigenvalue weighted by Gasteiger charge is -1.95. The van der Waals surface area contributed by atoms with Crippen LogP contribution in [0.1, 0.15) is 31.5 Å². The van der Waals surface area contributed by atoms with Crippen molar-refractivity contribution in [3.63, 3.8) is 0 Å². The maximum Gasteiger partial charge on any atom is 0.237 e. The molecule has 0 unspecified atom stereocenters. The van der Waals surface area contributed by atoms with Crippen molar-refractivity contribution >= 4 is 11.8 Å². The first-order valence-corrected chi connectivity index (χ1v) is 6.56. The minimum Gasteiger partial charge on any atom is -0.338 e. The third-order valence-corrected chi connectivity index (χ3v) is 3.28. The van der Waals surface area contributed by atoms with Gasteiger partial charge in [0.15, 0.2) is 11.0 Å². The fourth-order valence-corrected chi connectivity index (χ4v) is 2.05. The number of hydrogen-bond donors (Lipinski definition) is 0. The van der Waals surface area contributed by atoms with Gasteiger partial charge in [-0.3, -0.25) is 0 Å². The first-order chi connectivity index (χ1) is 8.29. The van der Waals surface area contributed by atoms with Gasteiger partial charge in [0.1, 0.15) is 6.33 Å². The Balaban J connectivity index is 1.87. The summed E-state index contributed by atoms with van der Waals surface area (Å²) in [4.78, 5) is 8.43. The third-order valence-electron chi connectivity index (χ3n) is 2.26. The Morgan fingerprint density at radius 1 is 1.47 bits per heavy atom. The lowest BCUT2D eigenvalue weighted by atomic mass is 10.2. The van der Waals surface area contributed by atoms with Crippen LogP contribution in [0.5, 0.6) is 0 Å². The minimum absolute atomic E-state index is 0.631. The van der Waals surface area contributed by atoms with Gasteiger partial charge in [-0.05, 0) is 6.42 Å². The Morgan fingerprint density at radius 3 is 3.06 bits per heavy atom. The molecule has 0 aliphatic heterocycles. The van der Waals surface area contributed by atoms with Crippen LogP contribution in [0.25, 0.3) is 0 Å². The van der Waals surface area contributed by atoms with Crippen molar-refractivity contribution in [1.82, 2.24) is 24.9 Å². The van der Waals surface area contributed by atoms with E-state index in [2.05, 4.69) is 27.1 Å². The summed E-state index contributed by atoms with van der Waals surface area (Å²) in [6, 6.07) is 0. The van der Waals surface area contributed by atoms with Crippen LogP contribution < -0.4 is 0 Å². The van der Waals surface area contributed by atoms with E-state index in [1.165, 1.54) is 18.1 Å². The second kappa shape index (κ2) is 5.81. The first-order valence-electron chi connectivity index (χ1n) is 5.58. The normalized spacial score (nSPS) is 10.9. The Hall–Kier alpha value is -1.37. The molecule has 2 rings (SSSR count). The summed E-state index contributed by atoms with van der Waals surface area (Å²) in [5, 5.41) is 8.77. The quantitative estimate of drug-likeness (QED) is 0.731. The van der Waals surface area contributed by atoms with Crippen molar-refractivity contribution < 1.29 is 4.52 Å². The van der Waals surface area contributed by atoms with E-state index >= 15 is 0 Å². The number of hydrogen-bond acceptors (Lipinski definition) is 6. The molecular formula is C10H15N5OS. The predicted octanol–water partition coefficient (Wildman–Crippen LogP) is 1.83. The van der Waals surface area contributed by atoms with E-state index in [-0.39, 0.29) is 0 Å². The van der Waals surface area contributed by atoms with Crippen molar-refractivity contribution in [2.45, 2.75) is 37.1 Å². The lowest BCUT2D eigenvalue weighted by Crippen LogP contribution is -1.93. The molecule has 0 radical (unpaired) electrons. The number of nitrogens with zero attached hydrogens (tertiary/aromatic N) is 5. The van der Waals surface area contributed by atoms with Crippen LogP contribution in [0.3, 0.4) is 0 Å². The molecule has 0 amide bonds. The van der Waals surface area contributed by atoms with E-state index < -0.39 is 0 Å². The molecule has 0 aliphatic rings. The Bertz CT molecular complexity index is 467. The van der Waals surface area contributed by atoms with E-state index in [4.69, 9.17) is 4.52 Å². The molecule has 0 atom stereocenters. The largest absolute Gasteiger partial charge is 0.338 e. The van der Waals surface area contributed by atoms with Gasteiger partial charge in [0.25, 0.3) is 0 Å². The van der Waals surface area contributed by atoms with Gasteiger partial charge < -0.3 is 4.52 Å². The average Bonchev–Trinajstić information content (AvgIpc) is 2.93. The first kappa shape index (κ1) is 12.1. The zero-order chi connectivity index (χ0) is 12.1. The van der Waals surface area contributed by atoms with E-state index in [9.17, 15) is 0 Å². The predicted molar refractivity (Wildman–Crippen MR) is 63.5 cm³/mol. The summed E-state index contributed by atoms with van der Waals surface area (Å²) in [5.74, 6) is 2.07. The molecule has 17 heavy (non-hydrogen) atoms. The molecule has 0 fully saturated rings. The summed E-state index contributed by atoms with van der Waals surface area (Å²) in [6.07, 6.45) is 4.64. The van der Waals surface area contributed by atoms with Crippen LogP contribution in [0.4, 0.5) is 0 Å². The van der Waals surface area contributed by atoms with Crippen LogP contribution in [0.2, 0.25) is 0 Å².